The van der Waals surface area contributed by atoms with E-state index in [-0.39, 0.29) is 5.97 Å². The minimum atomic E-state index is -0.441. The third-order valence-corrected chi connectivity index (χ3v) is 1.94. The highest BCUT2D eigenvalue weighted by atomic mass is 16.5. The van der Waals surface area contributed by atoms with E-state index in [2.05, 4.69) is 15.4 Å². The molecule has 0 aliphatic carbocycles. The van der Waals surface area contributed by atoms with Crippen LogP contribution in [0.4, 0.5) is 0 Å². The zero-order valence-corrected chi connectivity index (χ0v) is 6.94. The number of carbonyl (C=O) groups is 1. The molecule has 1 aliphatic heterocycles. The van der Waals surface area contributed by atoms with Gasteiger partial charge in [-0.25, -0.2) is 4.79 Å². The molecule has 1 saturated heterocycles. The van der Waals surface area contributed by atoms with Crippen LogP contribution in [0.2, 0.25) is 0 Å². The van der Waals surface area contributed by atoms with Gasteiger partial charge >= 0.3 is 5.97 Å². The number of ether oxygens (including phenoxy) is 1. The van der Waals surface area contributed by atoms with Crippen LogP contribution < -0.4 is 10.6 Å². The van der Waals surface area contributed by atoms with Gasteiger partial charge < -0.3 is 15.4 Å². The van der Waals surface area contributed by atoms with Crippen LogP contribution in [0.15, 0.2) is 0 Å². The molecule has 0 spiro atoms. The molecule has 0 aromatic heterocycles. The predicted octanol–water partition coefficient (Wildman–Crippen LogP) is -0.889. The predicted molar refractivity (Wildman–Crippen MR) is 41.3 cm³/mol. The summed E-state index contributed by atoms with van der Waals surface area (Å²) in [5, 5.41) is 6.15. The van der Waals surface area contributed by atoms with Gasteiger partial charge in [0, 0.05) is 13.1 Å². The molecule has 0 unspecified atom stereocenters. The molecule has 2 N–H and O–H groups in total. The molecule has 0 bridgehead atoms. The Bertz CT molecular complexity index is 155. The average Bonchev–Trinajstić information content (AvgIpc) is 1.95. The van der Waals surface area contributed by atoms with E-state index < -0.39 is 5.54 Å². The fourth-order valence-electron chi connectivity index (χ4n) is 1.25. The van der Waals surface area contributed by atoms with Crippen molar-refractivity contribution in [1.29, 1.82) is 0 Å². The van der Waals surface area contributed by atoms with Gasteiger partial charge in [0.25, 0.3) is 0 Å². The summed E-state index contributed by atoms with van der Waals surface area (Å²) in [4.78, 5) is 11.2. The summed E-state index contributed by atoms with van der Waals surface area (Å²) in [7, 11) is 1.42. The molecule has 0 radical (unpaired) electrons. The van der Waals surface area contributed by atoms with E-state index in [1.807, 2.05) is 6.92 Å². The summed E-state index contributed by atoms with van der Waals surface area (Å²) in [5.74, 6) is -0.168. The van der Waals surface area contributed by atoms with Gasteiger partial charge in [0.15, 0.2) is 0 Å². The highest BCUT2D eigenvalue weighted by Gasteiger charge is 2.44. The molecule has 0 aromatic rings. The van der Waals surface area contributed by atoms with Crippen molar-refractivity contribution in [2.45, 2.75) is 12.5 Å². The molecule has 64 valence electrons. The van der Waals surface area contributed by atoms with E-state index in [1.165, 1.54) is 7.11 Å². The van der Waals surface area contributed by atoms with E-state index in [9.17, 15) is 4.79 Å². The first-order chi connectivity index (χ1) is 5.25. The Morgan fingerprint density at radius 3 is 2.64 bits per heavy atom. The van der Waals surface area contributed by atoms with Crippen LogP contribution in [0.1, 0.15) is 6.92 Å². The van der Waals surface area contributed by atoms with Crippen molar-refractivity contribution in [3.63, 3.8) is 0 Å². The van der Waals surface area contributed by atoms with E-state index in [0.29, 0.717) is 13.1 Å². The Hall–Kier alpha value is -0.610. The number of methoxy groups -OCH3 is 1. The molecular weight excluding hydrogens is 144 g/mol. The first kappa shape index (κ1) is 8.49. The Balaban J connectivity index is 2.52. The minimum absolute atomic E-state index is 0.168. The number of hydrogen-bond acceptors (Lipinski definition) is 4. The van der Waals surface area contributed by atoms with Crippen molar-refractivity contribution in [3.8, 4) is 0 Å². The average molecular weight is 158 g/mol. The topological polar surface area (TPSA) is 50.4 Å². The summed E-state index contributed by atoms with van der Waals surface area (Å²) >= 11 is 0. The van der Waals surface area contributed by atoms with Crippen molar-refractivity contribution in [2.75, 3.05) is 26.7 Å². The summed E-state index contributed by atoms with van der Waals surface area (Å²) in [6, 6.07) is 0. The molecule has 0 aromatic carbocycles. The lowest BCUT2D eigenvalue weighted by Gasteiger charge is -2.40. The highest BCUT2D eigenvalue weighted by Crippen LogP contribution is 2.11. The van der Waals surface area contributed by atoms with Crippen LogP contribution in [0.5, 0.6) is 0 Å². The van der Waals surface area contributed by atoms with Crippen LogP contribution in [-0.4, -0.2) is 38.3 Å². The van der Waals surface area contributed by atoms with Crippen molar-refractivity contribution in [3.05, 3.63) is 0 Å². The number of carbonyl (C=O) groups excluding carboxylic acids is 1. The molecule has 1 heterocycles. The third kappa shape index (κ3) is 1.36. The summed E-state index contributed by atoms with van der Waals surface area (Å²) in [6.45, 7) is 4.11. The Morgan fingerprint density at radius 2 is 2.36 bits per heavy atom. The number of likely N-dealkylation sites (N-methyl/N-ethyl adjacent to an activating group) is 1. The standard InChI is InChI=1S/C7H14N2O2/c1-3-9-7(4-8-5-7)6(10)11-2/h8-9H,3-5H2,1-2H3. The van der Waals surface area contributed by atoms with E-state index >= 15 is 0 Å². The maximum Gasteiger partial charge on any atom is 0.328 e. The fraction of sp³-hybridized carbons (Fsp3) is 0.857. The van der Waals surface area contributed by atoms with E-state index in [1.54, 1.807) is 0 Å². The second-order valence-electron chi connectivity index (χ2n) is 2.71. The molecule has 4 nitrogen and oxygen atoms in total. The van der Waals surface area contributed by atoms with Gasteiger partial charge in [0.1, 0.15) is 5.54 Å². The lowest BCUT2D eigenvalue weighted by molar-refractivity contribution is -0.150. The van der Waals surface area contributed by atoms with Crippen LogP contribution in [0.25, 0.3) is 0 Å². The zero-order chi connectivity index (χ0) is 8.32. The number of rotatable bonds is 3. The van der Waals surface area contributed by atoms with Crippen molar-refractivity contribution < 1.29 is 9.53 Å². The first-order valence-electron chi connectivity index (χ1n) is 3.79. The van der Waals surface area contributed by atoms with Gasteiger partial charge in [0.05, 0.1) is 7.11 Å². The van der Waals surface area contributed by atoms with Gasteiger partial charge in [-0.1, -0.05) is 6.92 Å². The normalized spacial score (nSPS) is 20.5. The van der Waals surface area contributed by atoms with Crippen LogP contribution >= 0.6 is 0 Å². The molecule has 4 heteroatoms. The first-order valence-corrected chi connectivity index (χ1v) is 3.79. The van der Waals surface area contributed by atoms with Gasteiger partial charge in [-0.3, -0.25) is 0 Å². The lowest BCUT2D eigenvalue weighted by Crippen LogP contribution is -2.72. The fourth-order valence-corrected chi connectivity index (χ4v) is 1.25. The molecular formula is C7H14N2O2. The van der Waals surface area contributed by atoms with Gasteiger partial charge in [-0.05, 0) is 6.54 Å². The van der Waals surface area contributed by atoms with Crippen molar-refractivity contribution in [2.24, 2.45) is 0 Å². The Kier molecular flexibility index (Phi) is 2.46. The summed E-state index contributed by atoms with van der Waals surface area (Å²) < 4.78 is 4.67. The molecule has 1 rings (SSSR count). The zero-order valence-electron chi connectivity index (χ0n) is 6.94. The summed E-state index contributed by atoms with van der Waals surface area (Å²) in [5.41, 5.74) is -0.441. The third-order valence-electron chi connectivity index (χ3n) is 1.94. The van der Waals surface area contributed by atoms with Crippen molar-refractivity contribution in [1.82, 2.24) is 10.6 Å². The second-order valence-corrected chi connectivity index (χ2v) is 2.71. The maximum atomic E-state index is 11.2. The minimum Gasteiger partial charge on any atom is -0.468 e. The summed E-state index contributed by atoms with van der Waals surface area (Å²) in [6.07, 6.45) is 0. The Morgan fingerprint density at radius 1 is 1.73 bits per heavy atom. The van der Waals surface area contributed by atoms with Gasteiger partial charge in [-0.2, -0.15) is 0 Å². The number of esters is 1. The van der Waals surface area contributed by atoms with E-state index in [0.717, 1.165) is 6.54 Å². The van der Waals surface area contributed by atoms with Crippen LogP contribution in [0.3, 0.4) is 0 Å². The quantitative estimate of drug-likeness (QED) is 0.523. The smallest absolute Gasteiger partial charge is 0.328 e. The second kappa shape index (κ2) is 3.19. The number of nitrogens with one attached hydrogen (secondary N) is 2. The maximum absolute atomic E-state index is 11.2. The molecule has 0 atom stereocenters. The molecule has 0 saturated carbocycles. The highest BCUT2D eigenvalue weighted by molar-refractivity contribution is 5.82. The van der Waals surface area contributed by atoms with Crippen LogP contribution in [-0.2, 0) is 9.53 Å². The molecule has 0 amide bonds. The van der Waals surface area contributed by atoms with Gasteiger partial charge in [0.2, 0.25) is 0 Å². The van der Waals surface area contributed by atoms with Crippen molar-refractivity contribution >= 4 is 5.97 Å². The monoisotopic (exact) mass is 158 g/mol. The Labute approximate surface area is 66.3 Å². The number of hydrogen-bond donors (Lipinski definition) is 2. The lowest BCUT2D eigenvalue weighted by atomic mass is 9.92. The van der Waals surface area contributed by atoms with Crippen LogP contribution in [0, 0.1) is 0 Å². The molecule has 1 fully saturated rings. The SMILES string of the molecule is CCNC1(C(=O)OC)CNC1. The largest absolute Gasteiger partial charge is 0.468 e. The molecule has 1 aliphatic rings. The van der Waals surface area contributed by atoms with E-state index in [4.69, 9.17) is 0 Å². The molecule has 11 heavy (non-hydrogen) atoms. The van der Waals surface area contributed by atoms with Gasteiger partial charge in [-0.15, -0.1) is 0 Å².